The highest BCUT2D eigenvalue weighted by atomic mass is 16.2. The lowest BCUT2D eigenvalue weighted by Gasteiger charge is -2.32. The Balaban J connectivity index is 1.39. The van der Waals surface area contributed by atoms with Crippen LogP contribution in [0.4, 0.5) is 11.6 Å². The van der Waals surface area contributed by atoms with Gasteiger partial charge in [-0.2, -0.15) is 5.10 Å². The number of aromatic nitrogens is 5. The molecule has 11 heteroatoms. The molecule has 1 aliphatic heterocycles. The Morgan fingerprint density at radius 1 is 1.14 bits per heavy atom. The van der Waals surface area contributed by atoms with E-state index in [0.29, 0.717) is 59.5 Å². The minimum Gasteiger partial charge on any atom is -0.383 e. The quantitative estimate of drug-likeness (QED) is 0.304. The van der Waals surface area contributed by atoms with E-state index in [1.807, 2.05) is 58.9 Å². The van der Waals surface area contributed by atoms with Crippen LogP contribution in [0.1, 0.15) is 54.6 Å². The number of carbonyl (C=O) groups is 2. The molecule has 0 saturated carbocycles. The molecule has 1 aliphatic rings. The number of likely N-dealkylation sites (tertiary alicyclic amines) is 1. The van der Waals surface area contributed by atoms with Crippen molar-refractivity contribution in [2.75, 3.05) is 44.8 Å². The van der Waals surface area contributed by atoms with Crippen molar-refractivity contribution in [2.24, 2.45) is 0 Å². The summed E-state index contributed by atoms with van der Waals surface area (Å²) in [6, 6.07) is 11.0. The highest BCUT2D eigenvalue weighted by Crippen LogP contribution is 2.34. The topological polar surface area (TPSA) is 135 Å². The average molecular weight is 568 g/mol. The van der Waals surface area contributed by atoms with Gasteiger partial charge in [-0.25, -0.2) is 19.6 Å². The van der Waals surface area contributed by atoms with E-state index in [4.69, 9.17) is 10.8 Å². The maximum absolute atomic E-state index is 13.0. The summed E-state index contributed by atoms with van der Waals surface area (Å²) in [6.07, 6.45) is 8.37. The molecule has 4 heterocycles. The predicted molar refractivity (Wildman–Crippen MR) is 164 cm³/mol. The normalized spacial score (nSPS) is 15.7. The zero-order chi connectivity index (χ0) is 29.8. The third kappa shape index (κ3) is 6.31. The summed E-state index contributed by atoms with van der Waals surface area (Å²) in [6.45, 7) is 6.12. The monoisotopic (exact) mass is 567 g/mol. The fourth-order valence-electron chi connectivity index (χ4n) is 5.12. The molecule has 1 unspecified atom stereocenters. The third-order valence-corrected chi connectivity index (χ3v) is 7.42. The summed E-state index contributed by atoms with van der Waals surface area (Å²) in [5.41, 5.74) is 9.97. The molecule has 42 heavy (non-hydrogen) atoms. The second-order valence-electron chi connectivity index (χ2n) is 11.2. The number of likely N-dealkylation sites (N-methyl/N-ethyl adjacent to an activating group) is 1. The molecule has 0 radical (unpaired) electrons. The van der Waals surface area contributed by atoms with Gasteiger partial charge >= 0.3 is 0 Å². The third-order valence-electron chi connectivity index (χ3n) is 7.42. The number of amides is 2. The highest BCUT2D eigenvalue weighted by molar-refractivity contribution is 6.04. The van der Waals surface area contributed by atoms with Crippen LogP contribution in [0.2, 0.25) is 0 Å². The van der Waals surface area contributed by atoms with E-state index in [0.717, 1.165) is 24.0 Å². The molecule has 1 aromatic carbocycles. The van der Waals surface area contributed by atoms with Crippen molar-refractivity contribution in [1.29, 1.82) is 0 Å². The van der Waals surface area contributed by atoms with E-state index < -0.39 is 0 Å². The number of rotatable bonds is 8. The Morgan fingerprint density at radius 2 is 1.93 bits per heavy atom. The maximum atomic E-state index is 13.0. The number of nitrogens with zero attached hydrogens (tertiary/aromatic N) is 7. The molecule has 218 valence electrons. The van der Waals surface area contributed by atoms with E-state index in [-0.39, 0.29) is 17.9 Å². The van der Waals surface area contributed by atoms with Crippen LogP contribution in [0.3, 0.4) is 0 Å². The summed E-state index contributed by atoms with van der Waals surface area (Å²) in [7, 11) is 3.93. The SMILES string of the molecule is CC(C)c1ccnc(NC(=O)c2ccc(-c3nn(C4CCCN(C(=O)/C=C/CN(C)C)C4)c4ncnc(N)c34)cc2)c1. The maximum Gasteiger partial charge on any atom is 0.256 e. The van der Waals surface area contributed by atoms with Crippen molar-refractivity contribution < 1.29 is 9.59 Å². The minimum atomic E-state index is -0.250. The van der Waals surface area contributed by atoms with Gasteiger partial charge in [0.15, 0.2) is 5.65 Å². The predicted octanol–water partition coefficient (Wildman–Crippen LogP) is 4.13. The first-order chi connectivity index (χ1) is 20.2. The first-order valence-corrected chi connectivity index (χ1v) is 14.2. The van der Waals surface area contributed by atoms with Crippen LogP contribution in [-0.2, 0) is 4.79 Å². The number of pyridine rings is 1. The van der Waals surface area contributed by atoms with Crippen LogP contribution >= 0.6 is 0 Å². The fourth-order valence-corrected chi connectivity index (χ4v) is 5.12. The smallest absolute Gasteiger partial charge is 0.256 e. The number of anilines is 2. The molecule has 3 N–H and O–H groups in total. The lowest BCUT2D eigenvalue weighted by atomic mass is 10.0. The Bertz CT molecular complexity index is 1610. The average Bonchev–Trinajstić information content (AvgIpc) is 3.38. The number of carbonyl (C=O) groups excluding carboxylic acids is 2. The van der Waals surface area contributed by atoms with Crippen molar-refractivity contribution in [3.8, 4) is 11.3 Å². The molecule has 0 aliphatic carbocycles. The number of nitrogen functional groups attached to an aromatic ring is 1. The standard InChI is InChI=1S/C31H37N9O2/c1-20(2)23-13-14-33-25(17-23)36-31(42)22-11-9-21(10-12-22)28-27-29(32)34-19-35-30(27)40(37-28)24-7-5-16-39(18-24)26(41)8-6-15-38(3)4/h6,8-14,17,19-20,24H,5,7,15-16,18H2,1-4H3,(H2,32,34,35)(H,33,36,42)/b8-6+. The minimum absolute atomic E-state index is 0.00706. The van der Waals surface area contributed by atoms with Crippen molar-refractivity contribution >= 4 is 34.5 Å². The van der Waals surface area contributed by atoms with Crippen LogP contribution in [-0.4, -0.2) is 80.1 Å². The zero-order valence-electron chi connectivity index (χ0n) is 24.5. The van der Waals surface area contributed by atoms with E-state index in [9.17, 15) is 9.59 Å². The molecule has 0 spiro atoms. The molecule has 5 rings (SSSR count). The van der Waals surface area contributed by atoms with Gasteiger partial charge in [-0.15, -0.1) is 0 Å². The molecular weight excluding hydrogens is 530 g/mol. The van der Waals surface area contributed by atoms with Crippen LogP contribution in [0.15, 0.2) is 61.1 Å². The molecule has 1 atom stereocenters. The van der Waals surface area contributed by atoms with Gasteiger partial charge in [0, 0.05) is 43.0 Å². The Hall–Kier alpha value is -4.64. The molecule has 3 aromatic heterocycles. The van der Waals surface area contributed by atoms with Crippen LogP contribution < -0.4 is 11.1 Å². The van der Waals surface area contributed by atoms with E-state index in [1.54, 1.807) is 24.4 Å². The number of hydrogen-bond acceptors (Lipinski definition) is 8. The molecule has 4 aromatic rings. The van der Waals surface area contributed by atoms with Gasteiger partial charge in [-0.1, -0.05) is 32.1 Å². The first kappa shape index (κ1) is 28.9. The lowest BCUT2D eigenvalue weighted by Crippen LogP contribution is -2.40. The van der Waals surface area contributed by atoms with Gasteiger partial charge < -0.3 is 20.9 Å². The second-order valence-corrected chi connectivity index (χ2v) is 11.2. The van der Waals surface area contributed by atoms with Crippen molar-refractivity contribution in [2.45, 2.75) is 38.6 Å². The van der Waals surface area contributed by atoms with Crippen LogP contribution in [0, 0.1) is 0 Å². The van der Waals surface area contributed by atoms with E-state index in [1.165, 1.54) is 6.33 Å². The van der Waals surface area contributed by atoms with Gasteiger partial charge in [-0.05, 0) is 62.7 Å². The van der Waals surface area contributed by atoms with Gasteiger partial charge in [-0.3, -0.25) is 9.59 Å². The molecule has 11 nitrogen and oxygen atoms in total. The Kier molecular flexibility index (Phi) is 8.58. The van der Waals surface area contributed by atoms with Crippen LogP contribution in [0.25, 0.3) is 22.3 Å². The van der Waals surface area contributed by atoms with Gasteiger partial charge in [0.1, 0.15) is 23.7 Å². The summed E-state index contributed by atoms with van der Waals surface area (Å²) in [5.74, 6) is 0.913. The zero-order valence-corrected chi connectivity index (χ0v) is 24.5. The summed E-state index contributed by atoms with van der Waals surface area (Å²) in [4.78, 5) is 42.7. The second kappa shape index (κ2) is 12.5. The number of benzene rings is 1. The number of nitrogens with one attached hydrogen (secondary N) is 1. The number of hydrogen-bond donors (Lipinski definition) is 2. The summed E-state index contributed by atoms with van der Waals surface area (Å²) < 4.78 is 1.87. The largest absolute Gasteiger partial charge is 0.383 e. The van der Waals surface area contributed by atoms with Gasteiger partial charge in [0.05, 0.1) is 11.4 Å². The highest BCUT2D eigenvalue weighted by Gasteiger charge is 2.28. The molecule has 0 bridgehead atoms. The molecular formula is C31H37N9O2. The van der Waals surface area contributed by atoms with Crippen LogP contribution in [0.5, 0.6) is 0 Å². The van der Waals surface area contributed by atoms with Crippen molar-refractivity contribution in [3.05, 3.63) is 72.2 Å². The lowest BCUT2D eigenvalue weighted by molar-refractivity contribution is -0.127. The number of piperidine rings is 1. The van der Waals surface area contributed by atoms with E-state index >= 15 is 0 Å². The number of fused-ring (bicyclic) bond motifs is 1. The first-order valence-electron chi connectivity index (χ1n) is 14.2. The number of nitrogens with two attached hydrogens (primary N) is 1. The fraction of sp³-hybridized carbons (Fsp3) is 0.355. The molecule has 1 fully saturated rings. The Labute approximate surface area is 245 Å². The Morgan fingerprint density at radius 3 is 2.67 bits per heavy atom. The van der Waals surface area contributed by atoms with Crippen molar-refractivity contribution in [1.82, 2.24) is 34.5 Å². The summed E-state index contributed by atoms with van der Waals surface area (Å²) in [5, 5.41) is 8.48. The van der Waals surface area contributed by atoms with Gasteiger partial charge in [0.2, 0.25) is 5.91 Å². The van der Waals surface area contributed by atoms with Crippen molar-refractivity contribution in [3.63, 3.8) is 0 Å². The van der Waals surface area contributed by atoms with E-state index in [2.05, 4.69) is 34.1 Å². The summed E-state index contributed by atoms with van der Waals surface area (Å²) >= 11 is 0. The van der Waals surface area contributed by atoms with Gasteiger partial charge in [0.25, 0.3) is 5.91 Å². The molecule has 2 amide bonds. The molecule has 1 saturated heterocycles.